The van der Waals surface area contributed by atoms with Crippen LogP contribution < -0.4 is 0 Å². The number of hydrogen-bond donors (Lipinski definition) is 0. The second kappa shape index (κ2) is 14.9. The number of fused-ring (bicyclic) bond motifs is 6. The third-order valence-electron chi connectivity index (χ3n) is 12.4. The SMILES string of the molecule is C1=CC(c2nc(-c3ccccc3)cc(-c3ccc(-c4cccc5c4c4ccccc4n5-c4ccc(-c5ccc6c7ccccc7n(-c7ccccc7)c6c5)cc4)cc3)n2)=CCC1. The number of rotatable bonds is 7. The summed E-state index contributed by atoms with van der Waals surface area (Å²) < 4.78 is 4.79. The van der Waals surface area contributed by atoms with E-state index in [4.69, 9.17) is 9.97 Å². The molecule has 0 fully saturated rings. The molecule has 4 heteroatoms. The van der Waals surface area contributed by atoms with Crippen LogP contribution in [0.15, 0.2) is 218 Å². The molecule has 0 unspecified atom stereocenters. The van der Waals surface area contributed by atoms with E-state index in [9.17, 15) is 0 Å². The van der Waals surface area contributed by atoms with Crippen molar-refractivity contribution < 1.29 is 0 Å². The largest absolute Gasteiger partial charge is 0.309 e. The van der Waals surface area contributed by atoms with Crippen molar-refractivity contribution in [2.45, 2.75) is 12.8 Å². The average molecular weight is 793 g/mol. The lowest BCUT2D eigenvalue weighted by Gasteiger charge is -2.12. The van der Waals surface area contributed by atoms with Crippen molar-refractivity contribution >= 4 is 49.2 Å². The van der Waals surface area contributed by atoms with Crippen LogP contribution in [0, 0.1) is 0 Å². The molecule has 0 saturated carbocycles. The van der Waals surface area contributed by atoms with Crippen LogP contribution in [0.2, 0.25) is 0 Å². The van der Waals surface area contributed by atoms with Gasteiger partial charge in [0.25, 0.3) is 0 Å². The number of nitrogens with zero attached hydrogens (tertiary/aromatic N) is 4. The number of para-hydroxylation sites is 3. The van der Waals surface area contributed by atoms with Crippen LogP contribution in [0.5, 0.6) is 0 Å². The highest BCUT2D eigenvalue weighted by atomic mass is 15.0. The van der Waals surface area contributed by atoms with Crippen molar-refractivity contribution in [3.63, 3.8) is 0 Å². The summed E-state index contributed by atoms with van der Waals surface area (Å²) in [6, 6.07) is 72.1. The van der Waals surface area contributed by atoms with Gasteiger partial charge >= 0.3 is 0 Å². The van der Waals surface area contributed by atoms with Gasteiger partial charge in [-0.3, -0.25) is 0 Å². The molecule has 1 aliphatic rings. The van der Waals surface area contributed by atoms with Gasteiger partial charge in [0.1, 0.15) is 0 Å². The third-order valence-corrected chi connectivity index (χ3v) is 12.4. The fraction of sp³-hybridized carbons (Fsp3) is 0.0345. The maximum Gasteiger partial charge on any atom is 0.160 e. The first-order valence-corrected chi connectivity index (χ1v) is 21.4. The third kappa shape index (κ3) is 6.07. The fourth-order valence-corrected chi connectivity index (χ4v) is 9.43. The zero-order valence-electron chi connectivity index (χ0n) is 34.0. The summed E-state index contributed by atoms with van der Waals surface area (Å²) in [7, 11) is 0. The molecule has 8 aromatic carbocycles. The van der Waals surface area contributed by atoms with Crippen LogP contribution in [0.3, 0.4) is 0 Å². The Hall–Kier alpha value is -8.08. The van der Waals surface area contributed by atoms with E-state index in [1.165, 1.54) is 60.3 Å². The van der Waals surface area contributed by atoms with E-state index in [1.54, 1.807) is 0 Å². The number of allylic oxidation sites excluding steroid dienone is 4. The van der Waals surface area contributed by atoms with Gasteiger partial charge in [0.05, 0.1) is 33.5 Å². The van der Waals surface area contributed by atoms with Crippen molar-refractivity contribution in [1.29, 1.82) is 0 Å². The van der Waals surface area contributed by atoms with E-state index in [-0.39, 0.29) is 0 Å². The summed E-state index contributed by atoms with van der Waals surface area (Å²) in [4.78, 5) is 10.1. The van der Waals surface area contributed by atoms with E-state index in [1.807, 2.05) is 6.07 Å². The predicted molar refractivity (Wildman–Crippen MR) is 259 cm³/mol. The van der Waals surface area contributed by atoms with E-state index in [2.05, 4.69) is 221 Å². The molecule has 0 bridgehead atoms. The molecule has 11 aromatic rings. The summed E-state index contributed by atoms with van der Waals surface area (Å²) >= 11 is 0. The molecule has 0 aliphatic heterocycles. The van der Waals surface area contributed by atoms with Crippen molar-refractivity contribution in [3.05, 3.63) is 224 Å². The normalized spacial score (nSPS) is 12.7. The predicted octanol–water partition coefficient (Wildman–Crippen LogP) is 15.1. The van der Waals surface area contributed by atoms with Gasteiger partial charge in [-0.05, 0) is 89.7 Å². The first-order valence-electron chi connectivity index (χ1n) is 21.4. The molecule has 0 amide bonds. The maximum atomic E-state index is 5.11. The van der Waals surface area contributed by atoms with E-state index >= 15 is 0 Å². The molecular weight excluding hydrogens is 753 g/mol. The van der Waals surface area contributed by atoms with Gasteiger partial charge in [-0.25, -0.2) is 9.97 Å². The molecule has 1 aliphatic carbocycles. The first-order chi connectivity index (χ1) is 30.7. The van der Waals surface area contributed by atoms with Crippen LogP contribution >= 0.6 is 0 Å². The highest BCUT2D eigenvalue weighted by Crippen LogP contribution is 2.40. The quantitative estimate of drug-likeness (QED) is 0.161. The van der Waals surface area contributed by atoms with Gasteiger partial charge in [0.2, 0.25) is 0 Å². The van der Waals surface area contributed by atoms with E-state index in [0.29, 0.717) is 0 Å². The van der Waals surface area contributed by atoms with Gasteiger partial charge in [-0.2, -0.15) is 0 Å². The molecule has 12 rings (SSSR count). The molecule has 3 aromatic heterocycles. The maximum absolute atomic E-state index is 5.11. The lowest BCUT2D eigenvalue weighted by Crippen LogP contribution is -1.99. The molecule has 3 heterocycles. The molecule has 292 valence electrons. The van der Waals surface area contributed by atoms with Crippen LogP contribution in [0.25, 0.3) is 105 Å². The Morgan fingerprint density at radius 1 is 0.371 bits per heavy atom. The second-order valence-corrected chi connectivity index (χ2v) is 16.1. The van der Waals surface area contributed by atoms with Crippen molar-refractivity contribution in [3.8, 4) is 56.1 Å². The molecule has 62 heavy (non-hydrogen) atoms. The summed E-state index contributed by atoms with van der Waals surface area (Å²) in [6.45, 7) is 0. The first kappa shape index (κ1) is 35.8. The Bertz CT molecular complexity index is 3540. The summed E-state index contributed by atoms with van der Waals surface area (Å²) in [6.07, 6.45) is 8.66. The lowest BCUT2D eigenvalue weighted by atomic mass is 9.97. The fourth-order valence-electron chi connectivity index (χ4n) is 9.43. The topological polar surface area (TPSA) is 35.6 Å². The highest BCUT2D eigenvalue weighted by molar-refractivity contribution is 6.16. The van der Waals surface area contributed by atoms with Crippen LogP contribution in [0.4, 0.5) is 0 Å². The van der Waals surface area contributed by atoms with Crippen molar-refractivity contribution in [2.75, 3.05) is 0 Å². The van der Waals surface area contributed by atoms with Crippen LogP contribution in [0.1, 0.15) is 18.7 Å². The molecule has 0 spiro atoms. The van der Waals surface area contributed by atoms with Crippen molar-refractivity contribution in [1.82, 2.24) is 19.1 Å². The zero-order chi connectivity index (χ0) is 41.0. The minimum atomic E-state index is 0.764. The zero-order valence-corrected chi connectivity index (χ0v) is 34.0. The van der Waals surface area contributed by atoms with Gasteiger partial charge < -0.3 is 9.13 Å². The minimum Gasteiger partial charge on any atom is -0.309 e. The van der Waals surface area contributed by atoms with E-state index < -0.39 is 0 Å². The summed E-state index contributed by atoms with van der Waals surface area (Å²) in [5.74, 6) is 0.764. The monoisotopic (exact) mass is 792 g/mol. The Kier molecular flexibility index (Phi) is 8.60. The molecule has 4 nitrogen and oxygen atoms in total. The Balaban J connectivity index is 0.923. The molecule has 0 radical (unpaired) electrons. The van der Waals surface area contributed by atoms with Gasteiger partial charge in [0.15, 0.2) is 5.82 Å². The Morgan fingerprint density at radius 3 is 1.68 bits per heavy atom. The van der Waals surface area contributed by atoms with Gasteiger partial charge in [0, 0.05) is 49.6 Å². The number of aromatic nitrogens is 4. The van der Waals surface area contributed by atoms with Crippen LogP contribution in [-0.2, 0) is 0 Å². The molecule has 0 atom stereocenters. The van der Waals surface area contributed by atoms with Gasteiger partial charge in [-0.1, -0.05) is 164 Å². The Labute approximate surface area is 360 Å². The minimum absolute atomic E-state index is 0.764. The molecule has 0 saturated heterocycles. The molecule has 0 N–H and O–H groups in total. The average Bonchev–Trinajstić information content (AvgIpc) is 3.87. The number of hydrogen-bond acceptors (Lipinski definition) is 2. The summed E-state index contributed by atoms with van der Waals surface area (Å²) in [5, 5.41) is 4.99. The Morgan fingerprint density at radius 2 is 0.935 bits per heavy atom. The van der Waals surface area contributed by atoms with Gasteiger partial charge in [-0.15, -0.1) is 0 Å². The lowest BCUT2D eigenvalue weighted by molar-refractivity contribution is 1.03. The second-order valence-electron chi connectivity index (χ2n) is 16.1. The summed E-state index contributed by atoms with van der Waals surface area (Å²) in [5.41, 5.74) is 16.9. The standard InChI is InChI=1S/C58H40N4/c1-4-15-41(16-5-1)51-38-52(60-58(59-51)43-17-6-2-7-18-43)42-29-27-40(28-30-42)47-23-14-26-55-57(47)50-22-11-13-25-54(50)61(55)46-34-31-39(32-35-46)44-33-36-49-48-21-10-12-24-53(48)62(56(49)37-44)45-19-8-3-9-20-45/h1,3-6,8-38H,2,7H2. The van der Waals surface area contributed by atoms with Crippen molar-refractivity contribution in [2.24, 2.45) is 0 Å². The highest BCUT2D eigenvalue weighted by Gasteiger charge is 2.18. The number of benzene rings is 8. The van der Waals surface area contributed by atoms with E-state index in [0.717, 1.165) is 63.7 Å². The smallest absolute Gasteiger partial charge is 0.160 e. The van der Waals surface area contributed by atoms with Crippen LogP contribution in [-0.4, -0.2) is 19.1 Å². The molecular formula is C58H40N4.